The summed E-state index contributed by atoms with van der Waals surface area (Å²) in [5, 5.41) is 12.0. The van der Waals surface area contributed by atoms with Crippen LogP contribution in [0.1, 0.15) is 32.4 Å². The molecule has 6 heteroatoms. The SMILES string of the molecule is COCCN(c1nc(C(C)(C)C(=O)O)cs1)C1CC1. The van der Waals surface area contributed by atoms with Crippen molar-refractivity contribution in [2.75, 3.05) is 25.2 Å². The summed E-state index contributed by atoms with van der Waals surface area (Å²) in [4.78, 5) is 18.0. The zero-order chi connectivity index (χ0) is 14.0. The zero-order valence-corrected chi connectivity index (χ0v) is 12.4. The number of anilines is 1. The van der Waals surface area contributed by atoms with Crippen molar-refractivity contribution in [3.63, 3.8) is 0 Å². The highest BCUT2D eigenvalue weighted by Gasteiger charge is 2.35. The van der Waals surface area contributed by atoms with Crippen LogP contribution in [-0.2, 0) is 14.9 Å². The molecule has 0 spiro atoms. The van der Waals surface area contributed by atoms with Crippen LogP contribution in [0.5, 0.6) is 0 Å². The lowest BCUT2D eigenvalue weighted by molar-refractivity contribution is -0.142. The van der Waals surface area contributed by atoms with Crippen LogP contribution in [0.4, 0.5) is 5.13 Å². The molecule has 1 aromatic heterocycles. The number of ether oxygens (including phenoxy) is 1. The average Bonchev–Trinajstić information content (AvgIpc) is 3.06. The fraction of sp³-hybridized carbons (Fsp3) is 0.692. The van der Waals surface area contributed by atoms with Crippen LogP contribution in [0, 0.1) is 0 Å². The van der Waals surface area contributed by atoms with Gasteiger partial charge in [-0.3, -0.25) is 4.79 Å². The van der Waals surface area contributed by atoms with Crippen LogP contribution in [-0.4, -0.2) is 42.4 Å². The summed E-state index contributed by atoms with van der Waals surface area (Å²) < 4.78 is 5.13. The number of carbonyl (C=O) groups is 1. The van der Waals surface area contributed by atoms with Gasteiger partial charge in [0.1, 0.15) is 5.41 Å². The first-order valence-corrected chi connectivity index (χ1v) is 7.29. The van der Waals surface area contributed by atoms with Crippen molar-refractivity contribution < 1.29 is 14.6 Å². The normalized spacial score (nSPS) is 15.5. The topological polar surface area (TPSA) is 62.7 Å². The monoisotopic (exact) mass is 284 g/mol. The Morgan fingerprint density at radius 2 is 2.32 bits per heavy atom. The number of thiazole rings is 1. The minimum Gasteiger partial charge on any atom is -0.481 e. The molecule has 1 aliphatic rings. The predicted octanol–water partition coefficient (Wildman–Crippen LogP) is 2.12. The van der Waals surface area contributed by atoms with E-state index in [0.29, 0.717) is 18.3 Å². The van der Waals surface area contributed by atoms with E-state index >= 15 is 0 Å². The molecule has 1 saturated carbocycles. The van der Waals surface area contributed by atoms with Crippen LogP contribution in [0.15, 0.2) is 5.38 Å². The first kappa shape index (κ1) is 14.3. The summed E-state index contributed by atoms with van der Waals surface area (Å²) in [5.41, 5.74) is -0.311. The van der Waals surface area contributed by atoms with Gasteiger partial charge in [0.2, 0.25) is 0 Å². The van der Waals surface area contributed by atoms with Crippen LogP contribution in [0.25, 0.3) is 0 Å². The number of nitrogens with zero attached hydrogens (tertiary/aromatic N) is 2. The molecule has 0 amide bonds. The molecule has 1 N–H and O–H groups in total. The number of hydrogen-bond acceptors (Lipinski definition) is 5. The predicted molar refractivity (Wildman–Crippen MR) is 75.0 cm³/mol. The lowest BCUT2D eigenvalue weighted by atomic mass is 9.90. The van der Waals surface area contributed by atoms with Crippen LogP contribution >= 0.6 is 11.3 Å². The third-order valence-electron chi connectivity index (χ3n) is 3.44. The van der Waals surface area contributed by atoms with Gasteiger partial charge in [0.05, 0.1) is 12.3 Å². The van der Waals surface area contributed by atoms with E-state index in [-0.39, 0.29) is 0 Å². The van der Waals surface area contributed by atoms with Gasteiger partial charge < -0.3 is 14.7 Å². The van der Waals surface area contributed by atoms with Gasteiger partial charge >= 0.3 is 5.97 Å². The molecule has 106 valence electrons. The van der Waals surface area contributed by atoms with Gasteiger partial charge in [0.25, 0.3) is 0 Å². The highest BCUT2D eigenvalue weighted by molar-refractivity contribution is 7.13. The number of hydrogen-bond donors (Lipinski definition) is 1. The summed E-state index contributed by atoms with van der Waals surface area (Å²) in [6, 6.07) is 0.544. The maximum atomic E-state index is 11.2. The molecule has 0 unspecified atom stereocenters. The Morgan fingerprint density at radius 3 is 2.84 bits per heavy atom. The number of carboxylic acids is 1. The molecule has 1 fully saturated rings. The lowest BCUT2D eigenvalue weighted by Crippen LogP contribution is -2.31. The molecule has 1 aliphatic carbocycles. The van der Waals surface area contributed by atoms with E-state index in [1.165, 1.54) is 24.2 Å². The van der Waals surface area contributed by atoms with Crippen molar-refractivity contribution in [3.05, 3.63) is 11.1 Å². The summed E-state index contributed by atoms with van der Waals surface area (Å²) in [6.07, 6.45) is 2.36. The van der Waals surface area contributed by atoms with Crippen molar-refractivity contribution in [1.82, 2.24) is 4.98 Å². The Labute approximate surface area is 117 Å². The Balaban J connectivity index is 2.16. The molecule has 1 heterocycles. The van der Waals surface area contributed by atoms with E-state index in [1.54, 1.807) is 21.0 Å². The van der Waals surface area contributed by atoms with Crippen LogP contribution < -0.4 is 4.90 Å². The zero-order valence-electron chi connectivity index (χ0n) is 11.5. The summed E-state index contributed by atoms with van der Waals surface area (Å²) in [7, 11) is 1.69. The molecule has 0 radical (unpaired) electrons. The Bertz CT molecular complexity index is 454. The van der Waals surface area contributed by atoms with Gasteiger partial charge in [-0.05, 0) is 26.7 Å². The number of rotatable bonds is 7. The lowest BCUT2D eigenvalue weighted by Gasteiger charge is -2.21. The summed E-state index contributed by atoms with van der Waals surface area (Å²) in [6.45, 7) is 4.84. The van der Waals surface area contributed by atoms with Gasteiger partial charge in [0.15, 0.2) is 5.13 Å². The summed E-state index contributed by atoms with van der Waals surface area (Å²) in [5.74, 6) is -0.848. The van der Waals surface area contributed by atoms with Crippen LogP contribution in [0.2, 0.25) is 0 Å². The molecular weight excluding hydrogens is 264 g/mol. The van der Waals surface area contributed by atoms with Crippen molar-refractivity contribution >= 4 is 22.4 Å². The van der Waals surface area contributed by atoms with Gasteiger partial charge in [-0.1, -0.05) is 0 Å². The first-order valence-electron chi connectivity index (χ1n) is 6.41. The standard InChI is InChI=1S/C13H20N2O3S/c1-13(2,11(16)17)10-8-19-12(14-10)15(6-7-18-3)9-4-5-9/h8-9H,4-7H2,1-3H3,(H,16,17). The molecular formula is C13H20N2O3S. The molecule has 2 rings (SSSR count). The molecule has 0 aliphatic heterocycles. The van der Waals surface area contributed by atoms with E-state index in [9.17, 15) is 9.90 Å². The summed E-state index contributed by atoms with van der Waals surface area (Å²) >= 11 is 1.52. The Hall–Kier alpha value is -1.14. The first-order chi connectivity index (χ1) is 8.96. The van der Waals surface area contributed by atoms with E-state index < -0.39 is 11.4 Å². The smallest absolute Gasteiger partial charge is 0.315 e. The second kappa shape index (κ2) is 5.46. The maximum absolute atomic E-state index is 11.2. The fourth-order valence-electron chi connectivity index (χ4n) is 1.80. The third kappa shape index (κ3) is 3.06. The van der Waals surface area contributed by atoms with E-state index in [4.69, 9.17) is 4.74 Å². The minimum absolute atomic E-state index is 0.544. The van der Waals surface area contributed by atoms with E-state index in [2.05, 4.69) is 9.88 Å². The average molecular weight is 284 g/mol. The molecule has 0 saturated heterocycles. The van der Waals surface area contributed by atoms with Gasteiger partial charge in [0, 0.05) is 25.1 Å². The Morgan fingerprint density at radius 1 is 1.63 bits per heavy atom. The number of carboxylic acid groups (broad SMARTS) is 1. The maximum Gasteiger partial charge on any atom is 0.315 e. The van der Waals surface area contributed by atoms with Crippen molar-refractivity contribution in [1.29, 1.82) is 0 Å². The third-order valence-corrected chi connectivity index (χ3v) is 4.31. The van der Waals surface area contributed by atoms with E-state index in [1.807, 2.05) is 5.38 Å². The highest BCUT2D eigenvalue weighted by Crippen LogP contribution is 2.35. The van der Waals surface area contributed by atoms with Gasteiger partial charge in [-0.2, -0.15) is 0 Å². The fourth-order valence-corrected chi connectivity index (χ4v) is 2.89. The Kier molecular flexibility index (Phi) is 4.10. The number of aromatic nitrogens is 1. The number of aliphatic carboxylic acids is 1. The van der Waals surface area contributed by atoms with Crippen LogP contribution in [0.3, 0.4) is 0 Å². The minimum atomic E-state index is -0.939. The number of methoxy groups -OCH3 is 1. The van der Waals surface area contributed by atoms with Crippen molar-refractivity contribution in [3.8, 4) is 0 Å². The van der Waals surface area contributed by atoms with Gasteiger partial charge in [-0.15, -0.1) is 11.3 Å². The second-order valence-corrected chi connectivity index (χ2v) is 6.20. The molecule has 0 bridgehead atoms. The molecule has 0 aromatic carbocycles. The van der Waals surface area contributed by atoms with Gasteiger partial charge in [-0.25, -0.2) is 4.98 Å². The molecule has 1 aromatic rings. The van der Waals surface area contributed by atoms with Crippen molar-refractivity contribution in [2.45, 2.75) is 38.1 Å². The molecule has 0 atom stereocenters. The molecule has 5 nitrogen and oxygen atoms in total. The molecule has 19 heavy (non-hydrogen) atoms. The van der Waals surface area contributed by atoms with E-state index in [0.717, 1.165) is 11.7 Å². The van der Waals surface area contributed by atoms with Crippen molar-refractivity contribution in [2.24, 2.45) is 0 Å². The largest absolute Gasteiger partial charge is 0.481 e. The quantitative estimate of drug-likeness (QED) is 0.831. The second-order valence-electron chi connectivity index (χ2n) is 5.36. The highest BCUT2D eigenvalue weighted by atomic mass is 32.1.